The van der Waals surface area contributed by atoms with Gasteiger partial charge < -0.3 is 23.8 Å². The quantitative estimate of drug-likeness (QED) is 0.135. The Bertz CT molecular complexity index is 2330. The van der Waals surface area contributed by atoms with Crippen molar-refractivity contribution in [3.05, 3.63) is 84.3 Å². The topological polar surface area (TPSA) is 139 Å². The number of carbonyl (C=O) groups is 4. The van der Waals surface area contributed by atoms with Crippen LogP contribution in [0.4, 0.5) is 5.82 Å². The summed E-state index contributed by atoms with van der Waals surface area (Å²) in [5.74, 6) is -0.552. The third-order valence-electron chi connectivity index (χ3n) is 11.8. The fourth-order valence-corrected chi connectivity index (χ4v) is 8.57. The number of carbonyl (C=O) groups excluding carboxylic acids is 4. The molecule has 13 heteroatoms. The van der Waals surface area contributed by atoms with Gasteiger partial charge in [0.05, 0.1) is 35.5 Å². The van der Waals surface area contributed by atoms with Gasteiger partial charge in [0.25, 0.3) is 11.8 Å². The highest BCUT2D eigenvalue weighted by Crippen LogP contribution is 2.33. The van der Waals surface area contributed by atoms with E-state index in [4.69, 9.17) is 14.5 Å². The maximum absolute atomic E-state index is 13.1. The molecule has 0 bridgehead atoms. The second kappa shape index (κ2) is 15.1. The minimum absolute atomic E-state index is 0.0891. The van der Waals surface area contributed by atoms with E-state index in [-0.39, 0.29) is 30.1 Å². The summed E-state index contributed by atoms with van der Waals surface area (Å²) in [6.07, 6.45) is 11.6. The average molecular weight is 756 g/mol. The number of nitrogens with one attached hydrogen (secondary N) is 1. The molecule has 2 aromatic carbocycles. The first-order valence-corrected chi connectivity index (χ1v) is 19.7. The van der Waals surface area contributed by atoms with Crippen molar-refractivity contribution in [2.45, 2.75) is 63.2 Å². The summed E-state index contributed by atoms with van der Waals surface area (Å²) in [6.45, 7) is 5.37. The van der Waals surface area contributed by atoms with E-state index < -0.39 is 29.7 Å². The van der Waals surface area contributed by atoms with Crippen LogP contribution in [0.2, 0.25) is 0 Å². The lowest BCUT2D eigenvalue weighted by atomic mass is 10.0. The predicted molar refractivity (Wildman–Crippen MR) is 210 cm³/mol. The molecular weight excluding hydrogens is 711 g/mol. The van der Waals surface area contributed by atoms with Crippen LogP contribution in [0.1, 0.15) is 65.7 Å². The Hall–Kier alpha value is -5.66. The van der Waals surface area contributed by atoms with Crippen LogP contribution in [0.25, 0.3) is 32.9 Å². The fraction of sp³-hybridized carbons (Fsp3) is 0.395. The van der Waals surface area contributed by atoms with E-state index in [9.17, 15) is 19.2 Å². The smallest absolute Gasteiger partial charge is 0.262 e. The zero-order chi connectivity index (χ0) is 38.3. The van der Waals surface area contributed by atoms with Gasteiger partial charge in [-0.2, -0.15) is 0 Å². The molecular formula is C43H45N7O6. The fourth-order valence-electron chi connectivity index (χ4n) is 8.57. The third-order valence-corrected chi connectivity index (χ3v) is 11.8. The third kappa shape index (κ3) is 6.90. The minimum atomic E-state index is -0.978. The van der Waals surface area contributed by atoms with Crippen molar-refractivity contribution in [2.24, 2.45) is 7.05 Å². The Morgan fingerprint density at radius 3 is 2.41 bits per heavy atom. The number of piperidine rings is 2. The highest BCUT2D eigenvalue weighted by Gasteiger charge is 2.44. The minimum Gasteiger partial charge on any atom is -0.494 e. The van der Waals surface area contributed by atoms with Crippen LogP contribution in [0, 0.1) is 0 Å². The Kier molecular flexibility index (Phi) is 9.72. The first-order chi connectivity index (χ1) is 27.3. The zero-order valence-corrected chi connectivity index (χ0v) is 31.5. The molecule has 288 valence electrons. The summed E-state index contributed by atoms with van der Waals surface area (Å²) in [7, 11) is 2.10. The molecule has 3 fully saturated rings. The Labute approximate surface area is 324 Å². The van der Waals surface area contributed by atoms with Gasteiger partial charge in [-0.3, -0.25) is 34.4 Å². The van der Waals surface area contributed by atoms with Gasteiger partial charge in [0.2, 0.25) is 11.8 Å². The van der Waals surface area contributed by atoms with Gasteiger partial charge in [-0.15, -0.1) is 0 Å². The number of hydrogen-bond acceptors (Lipinski definition) is 10. The van der Waals surface area contributed by atoms with Crippen LogP contribution in [0.3, 0.4) is 0 Å². The van der Waals surface area contributed by atoms with Crippen LogP contribution in [0.5, 0.6) is 5.75 Å². The molecule has 4 aliphatic heterocycles. The first kappa shape index (κ1) is 36.0. The van der Waals surface area contributed by atoms with Crippen molar-refractivity contribution in [3.8, 4) is 16.9 Å². The van der Waals surface area contributed by atoms with E-state index in [0.717, 1.165) is 86.7 Å². The zero-order valence-electron chi connectivity index (χ0n) is 31.5. The van der Waals surface area contributed by atoms with Gasteiger partial charge in [-0.05, 0) is 93.1 Å². The lowest BCUT2D eigenvalue weighted by molar-refractivity contribution is -0.136. The number of likely N-dealkylation sites (tertiary alicyclic amines) is 1. The molecule has 0 aliphatic carbocycles. The number of fused-ring (bicyclic) bond motifs is 4. The van der Waals surface area contributed by atoms with Crippen molar-refractivity contribution in [3.63, 3.8) is 0 Å². The average Bonchev–Trinajstić information content (AvgIpc) is 3.62. The van der Waals surface area contributed by atoms with Crippen LogP contribution in [-0.2, 0) is 21.4 Å². The second-order valence-corrected chi connectivity index (χ2v) is 15.4. The first-order valence-electron chi connectivity index (χ1n) is 19.7. The summed E-state index contributed by atoms with van der Waals surface area (Å²) in [5, 5.41) is 4.60. The summed E-state index contributed by atoms with van der Waals surface area (Å²) in [6, 6.07) is 16.8. The van der Waals surface area contributed by atoms with Crippen molar-refractivity contribution < 1.29 is 28.7 Å². The normalized spacial score (nSPS) is 19.6. The summed E-state index contributed by atoms with van der Waals surface area (Å²) in [5.41, 5.74) is 5.09. The largest absolute Gasteiger partial charge is 0.494 e. The number of ether oxygens (including phenoxy) is 2. The maximum atomic E-state index is 13.1. The van der Waals surface area contributed by atoms with Crippen molar-refractivity contribution in [1.82, 2.24) is 29.7 Å². The predicted octanol–water partition coefficient (Wildman–Crippen LogP) is 5.11. The number of anilines is 1. The Morgan fingerprint density at radius 2 is 1.61 bits per heavy atom. The number of imide groups is 2. The molecule has 3 saturated heterocycles. The molecule has 1 unspecified atom stereocenters. The molecule has 5 aromatic rings. The Balaban J connectivity index is 0.663. The van der Waals surface area contributed by atoms with E-state index in [2.05, 4.69) is 68.1 Å². The number of pyridine rings is 2. The summed E-state index contributed by atoms with van der Waals surface area (Å²) in [4.78, 5) is 64.7. The van der Waals surface area contributed by atoms with E-state index >= 15 is 0 Å². The molecule has 1 N–H and O–H groups in total. The number of unbranched alkanes of at least 4 members (excludes halogenated alkanes) is 2. The van der Waals surface area contributed by atoms with E-state index in [1.807, 2.05) is 18.6 Å². The molecule has 1 atom stereocenters. The monoisotopic (exact) mass is 755 g/mol. The number of aromatic nitrogens is 3. The van der Waals surface area contributed by atoms with Gasteiger partial charge in [0.1, 0.15) is 17.6 Å². The summed E-state index contributed by atoms with van der Waals surface area (Å²) < 4.78 is 14.6. The van der Waals surface area contributed by atoms with Gasteiger partial charge >= 0.3 is 0 Å². The Morgan fingerprint density at radius 1 is 0.786 bits per heavy atom. The standard InChI is InChI=1S/C43H45N7O6/c1-47-36-13-16-44-24-35(36)32-8-5-27(21-38(32)47)28-6-11-39(45-23-28)49-25-31(26-49)56-29-14-18-48(19-15-29)17-3-2-4-20-55-30-7-9-33-34(22-30)43(54)50(42(33)53)37-10-12-40(51)46-41(37)52/h5-9,11,13,16,21-24,29,31,37H,2-4,10,12,14-15,17-20,25-26H2,1H3,(H,46,51,52). The molecule has 3 aromatic heterocycles. The highest BCUT2D eigenvalue weighted by atomic mass is 16.5. The number of nitrogens with zero attached hydrogens (tertiary/aromatic N) is 6. The van der Waals surface area contributed by atoms with Crippen molar-refractivity contribution in [1.29, 1.82) is 0 Å². The van der Waals surface area contributed by atoms with Crippen LogP contribution < -0.4 is 15.0 Å². The molecule has 56 heavy (non-hydrogen) atoms. The molecule has 0 spiro atoms. The van der Waals surface area contributed by atoms with Gasteiger partial charge in [0.15, 0.2) is 0 Å². The number of hydrogen-bond donors (Lipinski definition) is 1. The molecule has 0 radical (unpaired) electrons. The number of amides is 4. The van der Waals surface area contributed by atoms with Gasteiger partial charge in [0, 0.05) is 80.1 Å². The number of aryl methyl sites for hydroxylation is 1. The molecule has 0 saturated carbocycles. The molecule has 4 aliphatic rings. The van der Waals surface area contributed by atoms with Crippen LogP contribution >= 0.6 is 0 Å². The van der Waals surface area contributed by atoms with Crippen molar-refractivity contribution in [2.75, 3.05) is 44.2 Å². The van der Waals surface area contributed by atoms with E-state index in [1.54, 1.807) is 18.2 Å². The SMILES string of the molecule is Cn1c2ccncc2c2ccc(-c3ccc(N4CC(OC5CCN(CCCCCOc6ccc7c(c6)C(=O)N(C6CCC(=O)NC6=O)C7=O)CC5)C4)nc3)cc21. The van der Waals surface area contributed by atoms with Gasteiger partial charge in [-0.25, -0.2) is 4.98 Å². The molecule has 4 amide bonds. The number of rotatable bonds is 12. The summed E-state index contributed by atoms with van der Waals surface area (Å²) >= 11 is 0. The van der Waals surface area contributed by atoms with Crippen LogP contribution in [0.15, 0.2) is 73.2 Å². The lowest BCUT2D eigenvalue weighted by Crippen LogP contribution is -2.54. The molecule has 9 rings (SSSR count). The second-order valence-electron chi connectivity index (χ2n) is 15.4. The molecule has 13 nitrogen and oxygen atoms in total. The van der Waals surface area contributed by atoms with E-state index in [1.165, 1.54) is 21.8 Å². The van der Waals surface area contributed by atoms with E-state index in [0.29, 0.717) is 18.5 Å². The van der Waals surface area contributed by atoms with Crippen molar-refractivity contribution >= 4 is 51.3 Å². The number of benzene rings is 2. The van der Waals surface area contributed by atoms with Crippen LogP contribution in [-0.4, -0.2) is 106 Å². The highest BCUT2D eigenvalue weighted by molar-refractivity contribution is 6.23. The van der Waals surface area contributed by atoms with Gasteiger partial charge in [-0.1, -0.05) is 12.1 Å². The lowest BCUT2D eigenvalue weighted by Gasteiger charge is -2.43. The maximum Gasteiger partial charge on any atom is 0.262 e. The molecule has 7 heterocycles.